The summed E-state index contributed by atoms with van der Waals surface area (Å²) in [7, 11) is 1.80. The Morgan fingerprint density at radius 2 is 2.00 bits per heavy atom. The number of carbonyl (C=O) groups is 1. The number of nitrogens with zero attached hydrogens (tertiary/aromatic N) is 3. The lowest BCUT2D eigenvalue weighted by Gasteiger charge is -2.07. The second-order valence-electron chi connectivity index (χ2n) is 4.39. The molecule has 0 N–H and O–H groups in total. The summed E-state index contributed by atoms with van der Waals surface area (Å²) in [6, 6.07) is 0. The fourth-order valence-corrected chi connectivity index (χ4v) is 2.20. The van der Waals surface area contributed by atoms with E-state index in [1.54, 1.807) is 11.6 Å². The summed E-state index contributed by atoms with van der Waals surface area (Å²) in [4.78, 5) is 19.9. The van der Waals surface area contributed by atoms with Crippen LogP contribution in [0.1, 0.15) is 41.6 Å². The second-order valence-corrected chi connectivity index (χ2v) is 4.75. The van der Waals surface area contributed by atoms with E-state index in [0.29, 0.717) is 22.2 Å². The standard InChI is InChI=1S/C12H14ClN3O/c1-6(2)10-9-8(5-17)11(13)16(4)12(9)15-7(3)14-10/h5-6H,1-4H3. The number of aromatic nitrogens is 3. The third kappa shape index (κ3) is 1.72. The van der Waals surface area contributed by atoms with Gasteiger partial charge in [0, 0.05) is 7.05 Å². The van der Waals surface area contributed by atoms with Gasteiger partial charge in [0.1, 0.15) is 16.6 Å². The largest absolute Gasteiger partial charge is 0.319 e. The van der Waals surface area contributed by atoms with Crippen LogP contribution in [0.2, 0.25) is 5.15 Å². The van der Waals surface area contributed by atoms with Gasteiger partial charge in [-0.1, -0.05) is 25.4 Å². The predicted octanol–water partition coefficient (Wildman–Crippen LogP) is 2.87. The lowest BCUT2D eigenvalue weighted by molar-refractivity contribution is 0.112. The van der Waals surface area contributed by atoms with Crippen molar-refractivity contribution in [3.05, 3.63) is 22.2 Å². The minimum Gasteiger partial charge on any atom is -0.319 e. The molecule has 17 heavy (non-hydrogen) atoms. The molecule has 0 bridgehead atoms. The van der Waals surface area contributed by atoms with Gasteiger partial charge in [-0.15, -0.1) is 0 Å². The molecule has 0 saturated carbocycles. The molecule has 4 nitrogen and oxygen atoms in total. The van der Waals surface area contributed by atoms with E-state index in [1.807, 2.05) is 20.8 Å². The number of fused-ring (bicyclic) bond motifs is 1. The molecular weight excluding hydrogens is 238 g/mol. The fraction of sp³-hybridized carbons (Fsp3) is 0.417. The molecule has 0 aliphatic carbocycles. The molecule has 2 heterocycles. The number of aryl methyl sites for hydroxylation is 2. The van der Waals surface area contributed by atoms with E-state index in [2.05, 4.69) is 9.97 Å². The highest BCUT2D eigenvalue weighted by Gasteiger charge is 2.20. The van der Waals surface area contributed by atoms with Gasteiger partial charge in [-0.3, -0.25) is 4.79 Å². The lowest BCUT2D eigenvalue weighted by Crippen LogP contribution is -2.01. The van der Waals surface area contributed by atoms with Gasteiger partial charge in [0.25, 0.3) is 0 Å². The zero-order chi connectivity index (χ0) is 12.7. The number of hydrogen-bond acceptors (Lipinski definition) is 3. The van der Waals surface area contributed by atoms with Gasteiger partial charge in [-0.25, -0.2) is 9.97 Å². The van der Waals surface area contributed by atoms with Crippen LogP contribution >= 0.6 is 11.6 Å². The maximum atomic E-state index is 11.2. The number of aldehydes is 1. The summed E-state index contributed by atoms with van der Waals surface area (Å²) < 4.78 is 1.72. The zero-order valence-electron chi connectivity index (χ0n) is 10.3. The lowest BCUT2D eigenvalue weighted by atomic mass is 10.0. The van der Waals surface area contributed by atoms with Gasteiger partial charge in [0.15, 0.2) is 6.29 Å². The van der Waals surface area contributed by atoms with Crippen LogP contribution in [0.5, 0.6) is 0 Å². The first kappa shape index (κ1) is 12.0. The maximum absolute atomic E-state index is 11.2. The molecule has 0 unspecified atom stereocenters. The molecular formula is C12H14ClN3O. The molecule has 2 rings (SSSR count). The van der Waals surface area contributed by atoms with Crippen molar-refractivity contribution in [3.8, 4) is 0 Å². The van der Waals surface area contributed by atoms with E-state index in [9.17, 15) is 4.79 Å². The Labute approximate surface area is 105 Å². The molecule has 0 fully saturated rings. The van der Waals surface area contributed by atoms with Crippen LogP contribution in [0.4, 0.5) is 0 Å². The summed E-state index contributed by atoms with van der Waals surface area (Å²) in [5.41, 5.74) is 2.07. The predicted molar refractivity (Wildman–Crippen MR) is 67.7 cm³/mol. The minimum absolute atomic E-state index is 0.219. The van der Waals surface area contributed by atoms with Crippen molar-refractivity contribution in [1.29, 1.82) is 0 Å². The molecule has 0 aliphatic heterocycles. The van der Waals surface area contributed by atoms with Crippen molar-refractivity contribution in [1.82, 2.24) is 14.5 Å². The minimum atomic E-state index is 0.219. The van der Waals surface area contributed by atoms with Crippen molar-refractivity contribution < 1.29 is 4.79 Å². The Bertz CT molecular complexity index is 602. The Hall–Kier alpha value is -1.42. The smallest absolute Gasteiger partial charge is 0.153 e. The zero-order valence-corrected chi connectivity index (χ0v) is 11.0. The van der Waals surface area contributed by atoms with Crippen molar-refractivity contribution in [2.45, 2.75) is 26.7 Å². The first-order valence-electron chi connectivity index (χ1n) is 5.45. The molecule has 0 atom stereocenters. The van der Waals surface area contributed by atoms with Crippen LogP contribution in [-0.4, -0.2) is 20.8 Å². The van der Waals surface area contributed by atoms with Gasteiger partial charge in [0.05, 0.1) is 16.6 Å². The first-order chi connectivity index (χ1) is 7.97. The van der Waals surface area contributed by atoms with Gasteiger partial charge in [-0.05, 0) is 12.8 Å². The van der Waals surface area contributed by atoms with E-state index >= 15 is 0 Å². The van der Waals surface area contributed by atoms with Crippen molar-refractivity contribution >= 4 is 28.9 Å². The molecule has 0 aliphatic rings. The first-order valence-corrected chi connectivity index (χ1v) is 5.82. The average molecular weight is 252 g/mol. The molecule has 5 heteroatoms. The highest BCUT2D eigenvalue weighted by molar-refractivity contribution is 6.34. The van der Waals surface area contributed by atoms with Crippen molar-refractivity contribution in [3.63, 3.8) is 0 Å². The number of carbonyl (C=O) groups excluding carboxylic acids is 1. The maximum Gasteiger partial charge on any atom is 0.153 e. The van der Waals surface area contributed by atoms with Gasteiger partial charge < -0.3 is 4.57 Å². The fourth-order valence-electron chi connectivity index (χ4n) is 1.98. The number of halogens is 1. The number of hydrogen-bond donors (Lipinski definition) is 0. The third-order valence-corrected chi connectivity index (χ3v) is 3.26. The summed E-state index contributed by atoms with van der Waals surface area (Å²) in [6.07, 6.45) is 0.773. The quantitative estimate of drug-likeness (QED) is 0.771. The van der Waals surface area contributed by atoms with Gasteiger partial charge in [-0.2, -0.15) is 0 Å². The summed E-state index contributed by atoms with van der Waals surface area (Å²) >= 11 is 6.13. The average Bonchev–Trinajstić information content (AvgIpc) is 2.51. The molecule has 0 saturated heterocycles. The summed E-state index contributed by atoms with van der Waals surface area (Å²) in [6.45, 7) is 5.92. The van der Waals surface area contributed by atoms with Crippen LogP contribution in [0.25, 0.3) is 11.0 Å². The van der Waals surface area contributed by atoms with Crippen LogP contribution in [0, 0.1) is 6.92 Å². The molecule has 2 aromatic heterocycles. The van der Waals surface area contributed by atoms with Crippen LogP contribution in [0.15, 0.2) is 0 Å². The van der Waals surface area contributed by atoms with Crippen molar-refractivity contribution in [2.24, 2.45) is 7.05 Å². The van der Waals surface area contributed by atoms with Gasteiger partial charge >= 0.3 is 0 Å². The Balaban J connectivity index is 3.00. The van der Waals surface area contributed by atoms with Crippen LogP contribution < -0.4 is 0 Å². The normalized spacial score (nSPS) is 11.4. The Kier molecular flexibility index (Phi) is 2.91. The molecule has 2 aromatic rings. The summed E-state index contributed by atoms with van der Waals surface area (Å²) in [5.74, 6) is 0.910. The summed E-state index contributed by atoms with van der Waals surface area (Å²) in [5, 5.41) is 1.19. The molecule has 0 amide bonds. The van der Waals surface area contributed by atoms with Crippen LogP contribution in [-0.2, 0) is 7.05 Å². The van der Waals surface area contributed by atoms with Gasteiger partial charge in [0.2, 0.25) is 0 Å². The highest BCUT2D eigenvalue weighted by Crippen LogP contribution is 2.31. The number of rotatable bonds is 2. The SMILES string of the molecule is Cc1nc(C(C)C)c2c(C=O)c(Cl)n(C)c2n1. The Morgan fingerprint density at radius 1 is 1.35 bits per heavy atom. The molecule has 0 radical (unpaired) electrons. The van der Waals surface area contributed by atoms with E-state index < -0.39 is 0 Å². The van der Waals surface area contributed by atoms with E-state index in [0.717, 1.165) is 17.4 Å². The van der Waals surface area contributed by atoms with Crippen molar-refractivity contribution in [2.75, 3.05) is 0 Å². The third-order valence-electron chi connectivity index (χ3n) is 2.80. The topological polar surface area (TPSA) is 47.8 Å². The Morgan fingerprint density at radius 3 is 2.53 bits per heavy atom. The monoisotopic (exact) mass is 251 g/mol. The van der Waals surface area contributed by atoms with E-state index in [1.165, 1.54) is 0 Å². The highest BCUT2D eigenvalue weighted by atomic mass is 35.5. The van der Waals surface area contributed by atoms with E-state index in [-0.39, 0.29) is 5.92 Å². The molecule has 90 valence electrons. The molecule has 0 spiro atoms. The molecule has 0 aromatic carbocycles. The van der Waals surface area contributed by atoms with E-state index in [4.69, 9.17) is 11.6 Å². The van der Waals surface area contributed by atoms with Crippen LogP contribution in [0.3, 0.4) is 0 Å². The second kappa shape index (κ2) is 4.11.